The summed E-state index contributed by atoms with van der Waals surface area (Å²) in [6.07, 6.45) is -1.47. The van der Waals surface area contributed by atoms with Crippen LogP contribution in [0.1, 0.15) is 24.5 Å². The first-order valence-electron chi connectivity index (χ1n) is 9.73. The van der Waals surface area contributed by atoms with Gasteiger partial charge in [0, 0.05) is 12.5 Å². The molecule has 0 aliphatic heterocycles. The molecular weight excluding hydrogens is 416 g/mol. The summed E-state index contributed by atoms with van der Waals surface area (Å²) in [6.45, 7) is 5.69. The Kier molecular flexibility index (Phi) is 8.58. The molecule has 0 radical (unpaired) electrons. The van der Waals surface area contributed by atoms with E-state index in [-0.39, 0.29) is 24.0 Å². The number of amides is 3. The minimum atomic E-state index is -0.853. The molecule has 10 heteroatoms. The topological polar surface area (TPSA) is 127 Å². The van der Waals surface area contributed by atoms with E-state index in [9.17, 15) is 14.4 Å². The number of benzene rings is 2. The highest BCUT2D eigenvalue weighted by Gasteiger charge is 2.14. The number of nitrogens with zero attached hydrogens (tertiary/aromatic N) is 1. The minimum absolute atomic E-state index is 0.235. The molecule has 170 valence electrons. The Hall–Kier alpha value is -4.08. The Labute approximate surface area is 186 Å². The maximum absolute atomic E-state index is 12.0. The van der Waals surface area contributed by atoms with Crippen molar-refractivity contribution in [2.75, 3.05) is 19.5 Å². The average molecular weight is 442 g/mol. The number of hydrogen-bond donors (Lipinski definition) is 3. The molecule has 3 amide bonds. The van der Waals surface area contributed by atoms with E-state index >= 15 is 0 Å². The Morgan fingerprint density at radius 1 is 0.875 bits per heavy atom. The van der Waals surface area contributed by atoms with E-state index in [0.717, 1.165) is 25.3 Å². The van der Waals surface area contributed by atoms with Gasteiger partial charge in [-0.15, -0.1) is 0 Å². The number of aryl methyl sites for hydroxylation is 2. The number of anilines is 1. The van der Waals surface area contributed by atoms with E-state index in [1.54, 1.807) is 25.1 Å². The number of aliphatic imine (C=N–C) groups is 1. The molecule has 2 rings (SSSR count). The molecule has 0 aromatic heterocycles. The molecule has 0 fully saturated rings. The molecule has 0 bridgehead atoms. The van der Waals surface area contributed by atoms with Crippen molar-refractivity contribution in [3.63, 3.8) is 0 Å². The second-order valence-electron chi connectivity index (χ2n) is 6.62. The van der Waals surface area contributed by atoms with Gasteiger partial charge in [-0.3, -0.25) is 15.4 Å². The Morgan fingerprint density at radius 3 is 2.03 bits per heavy atom. The van der Waals surface area contributed by atoms with E-state index in [2.05, 4.69) is 30.4 Å². The molecule has 0 heterocycles. The number of rotatable bonds is 5. The highest BCUT2D eigenvalue weighted by atomic mass is 16.5. The molecule has 0 saturated carbocycles. The minimum Gasteiger partial charge on any atom is -0.457 e. The largest absolute Gasteiger partial charge is 0.457 e. The van der Waals surface area contributed by atoms with Crippen LogP contribution in [0.3, 0.4) is 0 Å². The predicted molar refractivity (Wildman–Crippen MR) is 120 cm³/mol. The molecular formula is C22H26N4O6. The predicted octanol–water partition coefficient (Wildman–Crippen LogP) is 4.14. The number of guanidine groups is 1. The van der Waals surface area contributed by atoms with Crippen LogP contribution >= 0.6 is 0 Å². The van der Waals surface area contributed by atoms with Crippen LogP contribution < -0.4 is 20.7 Å². The fraction of sp³-hybridized carbons (Fsp3) is 0.273. The van der Waals surface area contributed by atoms with Gasteiger partial charge in [0.25, 0.3) is 0 Å². The summed E-state index contributed by atoms with van der Waals surface area (Å²) >= 11 is 0. The number of alkyl carbamates (subject to hydrolysis) is 2. The van der Waals surface area contributed by atoms with Gasteiger partial charge in [-0.1, -0.05) is 13.0 Å². The Morgan fingerprint density at radius 2 is 1.47 bits per heavy atom. The van der Waals surface area contributed by atoms with Gasteiger partial charge >= 0.3 is 12.2 Å². The first kappa shape index (κ1) is 24.2. The third kappa shape index (κ3) is 7.01. The summed E-state index contributed by atoms with van der Waals surface area (Å²) in [5.74, 6) is 0.589. The molecule has 10 nitrogen and oxygen atoms in total. The van der Waals surface area contributed by atoms with Crippen molar-refractivity contribution in [2.45, 2.75) is 27.2 Å². The molecule has 0 unspecified atom stereocenters. The molecule has 2 aromatic rings. The van der Waals surface area contributed by atoms with Crippen LogP contribution in [0.4, 0.5) is 21.0 Å². The summed E-state index contributed by atoms with van der Waals surface area (Å²) in [7, 11) is 2.33. The van der Waals surface area contributed by atoms with Crippen molar-refractivity contribution in [2.24, 2.45) is 4.99 Å². The number of methoxy groups -OCH3 is 2. The van der Waals surface area contributed by atoms with Crippen molar-refractivity contribution in [1.29, 1.82) is 0 Å². The highest BCUT2D eigenvalue weighted by molar-refractivity contribution is 6.03. The van der Waals surface area contributed by atoms with Crippen molar-refractivity contribution in [3.05, 3.63) is 47.5 Å². The second-order valence-corrected chi connectivity index (χ2v) is 6.62. The van der Waals surface area contributed by atoms with E-state index in [1.165, 1.54) is 0 Å². The molecule has 3 N–H and O–H groups in total. The SMILES string of the molecule is CCC(=O)Nc1cc(Oc2ccc(C)c(C)c2)ccc1N=C(NC(=O)OC)NC(=O)OC. The van der Waals surface area contributed by atoms with Crippen molar-refractivity contribution < 1.29 is 28.6 Å². The smallest absolute Gasteiger partial charge is 0.413 e. The molecule has 0 spiro atoms. The first-order valence-corrected chi connectivity index (χ1v) is 9.73. The number of hydrogen-bond acceptors (Lipinski definition) is 7. The zero-order valence-corrected chi connectivity index (χ0v) is 18.6. The average Bonchev–Trinajstić information content (AvgIpc) is 2.77. The van der Waals surface area contributed by atoms with Crippen molar-refractivity contribution in [1.82, 2.24) is 10.6 Å². The summed E-state index contributed by atoms with van der Waals surface area (Å²) in [6, 6.07) is 10.5. The van der Waals surface area contributed by atoms with Crippen LogP contribution in [0.2, 0.25) is 0 Å². The summed E-state index contributed by atoms with van der Waals surface area (Å²) in [5.41, 5.74) is 2.79. The van der Waals surface area contributed by atoms with E-state index < -0.39 is 12.2 Å². The van der Waals surface area contributed by atoms with Crippen LogP contribution in [-0.4, -0.2) is 38.3 Å². The number of carbonyl (C=O) groups is 3. The molecule has 2 aromatic carbocycles. The monoisotopic (exact) mass is 442 g/mol. The Balaban J connectivity index is 2.43. The van der Waals surface area contributed by atoms with Crippen LogP contribution in [0.25, 0.3) is 0 Å². The quantitative estimate of drug-likeness (QED) is 0.472. The maximum atomic E-state index is 12.0. The summed E-state index contributed by atoms with van der Waals surface area (Å²) in [5, 5.41) is 7.28. The summed E-state index contributed by atoms with van der Waals surface area (Å²) in [4.78, 5) is 39.5. The molecule has 32 heavy (non-hydrogen) atoms. The van der Waals surface area contributed by atoms with Gasteiger partial charge < -0.3 is 19.5 Å². The lowest BCUT2D eigenvalue weighted by Crippen LogP contribution is -2.43. The fourth-order valence-electron chi connectivity index (χ4n) is 2.43. The number of ether oxygens (including phenoxy) is 3. The standard InChI is InChI=1S/C22H26N4O6/c1-6-19(27)23-18-12-16(32-15-8-7-13(2)14(3)11-15)9-10-17(18)24-20(25-21(28)30-4)26-22(29)31-5/h7-12H,6H2,1-5H3,(H,23,27)(H2,24,25,26,28,29). The van der Waals surface area contributed by atoms with Gasteiger partial charge in [-0.05, 0) is 49.2 Å². The van der Waals surface area contributed by atoms with Gasteiger partial charge in [0.2, 0.25) is 11.9 Å². The summed E-state index contributed by atoms with van der Waals surface area (Å²) < 4.78 is 15.0. The molecule has 0 aliphatic carbocycles. The van der Waals surface area contributed by atoms with Crippen molar-refractivity contribution in [3.8, 4) is 11.5 Å². The lowest BCUT2D eigenvalue weighted by Gasteiger charge is -2.14. The zero-order chi connectivity index (χ0) is 23.7. The lowest BCUT2D eigenvalue weighted by atomic mass is 10.1. The van der Waals surface area contributed by atoms with Crippen LogP contribution in [0, 0.1) is 13.8 Å². The van der Waals surface area contributed by atoms with E-state index in [4.69, 9.17) is 4.74 Å². The van der Waals surface area contributed by atoms with Gasteiger partial charge in [-0.25, -0.2) is 14.6 Å². The second kappa shape index (κ2) is 11.3. The van der Waals surface area contributed by atoms with Gasteiger partial charge in [0.1, 0.15) is 11.5 Å². The number of nitrogens with one attached hydrogen (secondary N) is 3. The molecule has 0 atom stereocenters. The zero-order valence-electron chi connectivity index (χ0n) is 18.6. The normalized spacial score (nSPS) is 9.91. The maximum Gasteiger partial charge on any atom is 0.413 e. The van der Waals surface area contributed by atoms with Gasteiger partial charge in [0.15, 0.2) is 0 Å². The van der Waals surface area contributed by atoms with E-state index in [0.29, 0.717) is 17.2 Å². The fourth-order valence-corrected chi connectivity index (χ4v) is 2.43. The van der Waals surface area contributed by atoms with E-state index in [1.807, 2.05) is 32.0 Å². The lowest BCUT2D eigenvalue weighted by molar-refractivity contribution is -0.115. The third-order valence-corrected chi connectivity index (χ3v) is 4.32. The molecule has 0 aliphatic rings. The van der Waals surface area contributed by atoms with Crippen LogP contribution in [0.15, 0.2) is 41.4 Å². The van der Waals surface area contributed by atoms with Gasteiger partial charge in [-0.2, -0.15) is 0 Å². The van der Waals surface area contributed by atoms with Crippen LogP contribution in [-0.2, 0) is 14.3 Å². The molecule has 0 saturated heterocycles. The number of carbonyl (C=O) groups excluding carboxylic acids is 3. The highest BCUT2D eigenvalue weighted by Crippen LogP contribution is 2.32. The first-order chi connectivity index (χ1) is 15.2. The Bertz CT molecular complexity index is 1020. The van der Waals surface area contributed by atoms with Crippen LogP contribution in [0.5, 0.6) is 11.5 Å². The van der Waals surface area contributed by atoms with Gasteiger partial charge in [0.05, 0.1) is 25.6 Å². The van der Waals surface area contributed by atoms with Crippen molar-refractivity contribution >= 4 is 35.4 Å². The third-order valence-electron chi connectivity index (χ3n) is 4.32.